The second-order valence-corrected chi connectivity index (χ2v) is 3.14. The van der Waals surface area contributed by atoms with Crippen LogP contribution in [0, 0.1) is 6.57 Å². The van der Waals surface area contributed by atoms with Crippen LogP contribution in [0.4, 0.5) is 5.82 Å². The van der Waals surface area contributed by atoms with Crippen LogP contribution in [-0.2, 0) is 5.54 Å². The fourth-order valence-corrected chi connectivity index (χ4v) is 0.893. The molecule has 0 saturated carbocycles. The predicted molar refractivity (Wildman–Crippen MR) is 48.3 cm³/mol. The van der Waals surface area contributed by atoms with Crippen LogP contribution in [0.25, 0.3) is 4.85 Å². The average Bonchev–Trinajstić information content (AvgIpc) is 2.05. The van der Waals surface area contributed by atoms with Crippen LogP contribution in [0.3, 0.4) is 0 Å². The van der Waals surface area contributed by atoms with Crippen molar-refractivity contribution in [1.82, 2.24) is 4.98 Å². The molecule has 12 heavy (non-hydrogen) atoms. The Bertz CT molecular complexity index is 323. The lowest BCUT2D eigenvalue weighted by atomic mass is 9.96. The maximum atomic E-state index is 6.98. The van der Waals surface area contributed by atoms with Crippen LogP contribution in [0.2, 0.25) is 0 Å². The molecule has 0 spiro atoms. The molecular weight excluding hydrogens is 150 g/mol. The number of nitrogens with zero attached hydrogens (tertiary/aromatic N) is 2. The molecule has 0 aliphatic heterocycles. The number of aromatic nitrogens is 1. The standard InChI is InChI=1S/C9H11N3/c1-9(2,11-3)7-4-5-12-8(10)6-7/h4-6H,1-2H3,(H2,10,12). The lowest BCUT2D eigenvalue weighted by molar-refractivity contribution is 0.663. The Morgan fingerprint density at radius 1 is 1.58 bits per heavy atom. The van der Waals surface area contributed by atoms with Gasteiger partial charge in [-0.15, -0.1) is 0 Å². The summed E-state index contributed by atoms with van der Waals surface area (Å²) in [5.41, 5.74) is 5.90. The highest BCUT2D eigenvalue weighted by Crippen LogP contribution is 2.24. The molecule has 1 heterocycles. The first kappa shape index (κ1) is 8.54. The van der Waals surface area contributed by atoms with Crippen molar-refractivity contribution >= 4 is 5.82 Å². The fourth-order valence-electron chi connectivity index (χ4n) is 0.893. The number of pyridine rings is 1. The molecule has 0 fully saturated rings. The zero-order chi connectivity index (χ0) is 9.19. The van der Waals surface area contributed by atoms with Gasteiger partial charge in [0, 0.05) is 25.6 Å². The summed E-state index contributed by atoms with van der Waals surface area (Å²) in [7, 11) is 0. The van der Waals surface area contributed by atoms with E-state index >= 15 is 0 Å². The SMILES string of the molecule is [C-]#[N+]C(C)(C)c1ccnc(N)c1. The van der Waals surface area contributed by atoms with Crippen LogP contribution in [-0.4, -0.2) is 4.98 Å². The van der Waals surface area contributed by atoms with Gasteiger partial charge in [0.25, 0.3) is 5.54 Å². The first-order valence-electron chi connectivity index (χ1n) is 3.67. The van der Waals surface area contributed by atoms with Crippen molar-refractivity contribution in [2.24, 2.45) is 0 Å². The summed E-state index contributed by atoms with van der Waals surface area (Å²) in [5, 5.41) is 0. The molecule has 0 unspecified atom stereocenters. The lowest BCUT2D eigenvalue weighted by Gasteiger charge is -2.10. The van der Waals surface area contributed by atoms with Crippen LogP contribution in [0.15, 0.2) is 18.3 Å². The topological polar surface area (TPSA) is 43.3 Å². The number of hydrogen-bond acceptors (Lipinski definition) is 2. The Kier molecular flexibility index (Phi) is 2.01. The minimum Gasteiger partial charge on any atom is -0.384 e. The number of rotatable bonds is 1. The third-order valence-corrected chi connectivity index (χ3v) is 1.77. The molecule has 3 heteroatoms. The van der Waals surface area contributed by atoms with Crippen molar-refractivity contribution in [2.75, 3.05) is 5.73 Å². The van der Waals surface area contributed by atoms with Crippen LogP contribution in [0.5, 0.6) is 0 Å². The predicted octanol–water partition coefficient (Wildman–Crippen LogP) is 1.82. The zero-order valence-electron chi connectivity index (χ0n) is 7.20. The third-order valence-electron chi connectivity index (χ3n) is 1.77. The van der Waals surface area contributed by atoms with Gasteiger partial charge < -0.3 is 10.6 Å². The molecule has 0 aliphatic rings. The smallest absolute Gasteiger partial charge is 0.252 e. The number of nitrogens with two attached hydrogens (primary N) is 1. The summed E-state index contributed by atoms with van der Waals surface area (Å²) < 4.78 is 0. The third kappa shape index (κ3) is 1.54. The summed E-state index contributed by atoms with van der Waals surface area (Å²) in [6.45, 7) is 10.7. The van der Waals surface area contributed by atoms with Gasteiger partial charge in [0.1, 0.15) is 5.82 Å². The number of anilines is 1. The fraction of sp³-hybridized carbons (Fsp3) is 0.333. The highest BCUT2D eigenvalue weighted by atomic mass is 14.8. The van der Waals surface area contributed by atoms with E-state index in [1.807, 2.05) is 19.9 Å². The number of hydrogen-bond donors (Lipinski definition) is 1. The van der Waals surface area contributed by atoms with Crippen molar-refractivity contribution in [2.45, 2.75) is 19.4 Å². The molecule has 0 atom stereocenters. The van der Waals surface area contributed by atoms with Crippen molar-refractivity contribution in [3.63, 3.8) is 0 Å². The maximum absolute atomic E-state index is 6.98. The van der Waals surface area contributed by atoms with E-state index < -0.39 is 5.54 Å². The first-order valence-corrected chi connectivity index (χ1v) is 3.67. The van der Waals surface area contributed by atoms with Gasteiger partial charge in [0.15, 0.2) is 0 Å². The van der Waals surface area contributed by atoms with E-state index in [4.69, 9.17) is 12.3 Å². The van der Waals surface area contributed by atoms with E-state index in [9.17, 15) is 0 Å². The van der Waals surface area contributed by atoms with E-state index in [2.05, 4.69) is 9.83 Å². The Morgan fingerprint density at radius 2 is 2.25 bits per heavy atom. The van der Waals surface area contributed by atoms with Gasteiger partial charge in [0.05, 0.1) is 0 Å². The first-order chi connectivity index (χ1) is 5.56. The minimum atomic E-state index is -0.503. The molecule has 0 radical (unpaired) electrons. The normalized spacial score (nSPS) is 10.8. The van der Waals surface area contributed by atoms with Crippen molar-refractivity contribution < 1.29 is 0 Å². The van der Waals surface area contributed by atoms with E-state index in [0.29, 0.717) is 5.82 Å². The number of nitrogen functional groups attached to an aromatic ring is 1. The lowest BCUT2D eigenvalue weighted by Crippen LogP contribution is -2.11. The Labute approximate surface area is 72.1 Å². The second-order valence-electron chi connectivity index (χ2n) is 3.14. The Balaban J connectivity index is 3.14. The summed E-state index contributed by atoms with van der Waals surface area (Å²) >= 11 is 0. The zero-order valence-corrected chi connectivity index (χ0v) is 7.20. The molecule has 0 aliphatic carbocycles. The minimum absolute atomic E-state index is 0.462. The molecule has 0 aromatic carbocycles. The Morgan fingerprint density at radius 3 is 2.75 bits per heavy atom. The molecule has 0 bridgehead atoms. The summed E-state index contributed by atoms with van der Waals surface area (Å²) in [6, 6.07) is 3.55. The Hall–Kier alpha value is -1.56. The van der Waals surface area contributed by atoms with Crippen molar-refractivity contribution in [3.8, 4) is 0 Å². The van der Waals surface area contributed by atoms with Gasteiger partial charge in [0.2, 0.25) is 0 Å². The van der Waals surface area contributed by atoms with Crippen LogP contribution in [0.1, 0.15) is 19.4 Å². The maximum Gasteiger partial charge on any atom is 0.252 e. The largest absolute Gasteiger partial charge is 0.384 e. The van der Waals surface area contributed by atoms with Crippen molar-refractivity contribution in [1.29, 1.82) is 0 Å². The molecule has 1 rings (SSSR count). The van der Waals surface area contributed by atoms with Crippen LogP contribution < -0.4 is 5.73 Å². The highest BCUT2D eigenvalue weighted by Gasteiger charge is 2.25. The quantitative estimate of drug-likeness (QED) is 0.638. The molecule has 2 N–H and O–H groups in total. The van der Waals surface area contributed by atoms with E-state index in [1.54, 1.807) is 12.3 Å². The highest BCUT2D eigenvalue weighted by molar-refractivity contribution is 5.36. The molecule has 0 amide bonds. The monoisotopic (exact) mass is 161 g/mol. The molecule has 3 nitrogen and oxygen atoms in total. The van der Waals surface area contributed by atoms with E-state index in [1.165, 1.54) is 0 Å². The summed E-state index contributed by atoms with van der Waals surface area (Å²) in [6.07, 6.45) is 1.62. The molecule has 1 aromatic rings. The molecule has 0 saturated heterocycles. The summed E-state index contributed by atoms with van der Waals surface area (Å²) in [4.78, 5) is 7.36. The van der Waals surface area contributed by atoms with Gasteiger partial charge in [-0.05, 0) is 12.1 Å². The van der Waals surface area contributed by atoms with E-state index in [-0.39, 0.29) is 0 Å². The molecule has 1 aromatic heterocycles. The van der Waals surface area contributed by atoms with Gasteiger partial charge >= 0.3 is 0 Å². The van der Waals surface area contributed by atoms with Gasteiger partial charge in [-0.1, -0.05) is 0 Å². The summed E-state index contributed by atoms with van der Waals surface area (Å²) in [5.74, 6) is 0.462. The second kappa shape index (κ2) is 2.82. The van der Waals surface area contributed by atoms with E-state index in [0.717, 1.165) is 5.56 Å². The molecule has 62 valence electrons. The van der Waals surface area contributed by atoms with Crippen LogP contribution >= 0.6 is 0 Å². The molecular formula is C9H11N3. The average molecular weight is 161 g/mol. The van der Waals surface area contributed by atoms with Gasteiger partial charge in [-0.3, -0.25) is 0 Å². The van der Waals surface area contributed by atoms with Crippen molar-refractivity contribution in [3.05, 3.63) is 35.3 Å². The van der Waals surface area contributed by atoms with Gasteiger partial charge in [-0.2, -0.15) is 0 Å². The van der Waals surface area contributed by atoms with Gasteiger partial charge in [-0.25, -0.2) is 11.6 Å².